The first-order valence-corrected chi connectivity index (χ1v) is 11.4. The van der Waals surface area contributed by atoms with E-state index in [1.54, 1.807) is 30.2 Å². The van der Waals surface area contributed by atoms with E-state index in [2.05, 4.69) is 5.32 Å². The summed E-state index contributed by atoms with van der Waals surface area (Å²) in [6, 6.07) is 9.97. The summed E-state index contributed by atoms with van der Waals surface area (Å²) >= 11 is 0. The minimum absolute atomic E-state index is 0.116. The second kappa shape index (κ2) is 9.08. The molecule has 0 spiro atoms. The highest BCUT2D eigenvalue weighted by atomic mass is 16.7. The van der Waals surface area contributed by atoms with Crippen molar-refractivity contribution in [1.29, 1.82) is 0 Å². The van der Waals surface area contributed by atoms with Gasteiger partial charge in [-0.25, -0.2) is 0 Å². The molecule has 2 atom stereocenters. The first kappa shape index (κ1) is 23.7. The Morgan fingerprint density at radius 3 is 2.53 bits per heavy atom. The number of rotatable bonds is 5. The van der Waals surface area contributed by atoms with Crippen LogP contribution in [0, 0.1) is 5.92 Å². The van der Waals surface area contributed by atoms with Gasteiger partial charge < -0.3 is 29.2 Å². The number of methoxy groups -OCH3 is 1. The Labute approximate surface area is 200 Å². The predicted octanol–water partition coefficient (Wildman–Crippen LogP) is 3.83. The van der Waals surface area contributed by atoms with E-state index in [4.69, 9.17) is 18.9 Å². The summed E-state index contributed by atoms with van der Waals surface area (Å²) in [5.41, 5.74) is 0.951. The van der Waals surface area contributed by atoms with Crippen molar-refractivity contribution in [3.63, 3.8) is 0 Å². The lowest BCUT2D eigenvalue weighted by atomic mass is 9.99. The second-order valence-corrected chi connectivity index (χ2v) is 9.98. The Hall–Kier alpha value is -3.42. The lowest BCUT2D eigenvalue weighted by Crippen LogP contribution is -2.51. The molecule has 34 heavy (non-hydrogen) atoms. The summed E-state index contributed by atoms with van der Waals surface area (Å²) in [7, 11) is 1.57. The molecule has 2 aromatic rings. The number of hydrogen-bond acceptors (Lipinski definition) is 6. The largest absolute Gasteiger partial charge is 0.497 e. The molecule has 8 heteroatoms. The maximum atomic E-state index is 13.9. The molecule has 4 rings (SSSR count). The van der Waals surface area contributed by atoms with Gasteiger partial charge in [-0.3, -0.25) is 9.59 Å². The first-order valence-electron chi connectivity index (χ1n) is 11.4. The lowest BCUT2D eigenvalue weighted by Gasteiger charge is -2.33. The summed E-state index contributed by atoms with van der Waals surface area (Å²) in [6.07, 6.45) is -0.757. The van der Waals surface area contributed by atoms with Gasteiger partial charge in [0.2, 0.25) is 12.7 Å². The van der Waals surface area contributed by atoms with Gasteiger partial charge in [0.15, 0.2) is 17.6 Å². The average Bonchev–Trinajstić information content (AvgIpc) is 3.19. The monoisotopic (exact) mass is 468 g/mol. The molecule has 2 amide bonds. The van der Waals surface area contributed by atoms with Crippen LogP contribution in [0.5, 0.6) is 23.0 Å². The molecule has 2 aliphatic rings. The van der Waals surface area contributed by atoms with Crippen LogP contribution in [-0.4, -0.2) is 42.3 Å². The Bertz CT molecular complexity index is 1090. The third-order valence-corrected chi connectivity index (χ3v) is 5.75. The molecule has 2 aromatic carbocycles. The molecular formula is C26H32N2O6. The quantitative estimate of drug-likeness (QED) is 0.718. The molecule has 8 nitrogen and oxygen atoms in total. The Morgan fingerprint density at radius 1 is 1.12 bits per heavy atom. The van der Waals surface area contributed by atoms with E-state index in [0.29, 0.717) is 28.6 Å². The van der Waals surface area contributed by atoms with Gasteiger partial charge >= 0.3 is 0 Å². The number of ether oxygens (including phenoxy) is 4. The molecule has 0 bridgehead atoms. The van der Waals surface area contributed by atoms with Gasteiger partial charge in [0, 0.05) is 23.7 Å². The number of carbonyl (C=O) groups is 2. The normalized spacial score (nSPS) is 19.4. The molecule has 0 saturated carbocycles. The van der Waals surface area contributed by atoms with Crippen LogP contribution < -0.4 is 24.3 Å². The SMILES string of the molecule is COc1ccc2c(c1)OC(C(C)C)C(=O)N(Cc1ccc3c(c1)OCO3)C2C(=O)NC(C)(C)C. The molecular weight excluding hydrogens is 436 g/mol. The van der Waals surface area contributed by atoms with Crippen LogP contribution in [0.15, 0.2) is 36.4 Å². The Morgan fingerprint density at radius 2 is 1.85 bits per heavy atom. The summed E-state index contributed by atoms with van der Waals surface area (Å²) in [5.74, 6) is 1.70. The zero-order valence-electron chi connectivity index (χ0n) is 20.5. The van der Waals surface area contributed by atoms with Crippen molar-refractivity contribution < 1.29 is 28.5 Å². The third kappa shape index (κ3) is 4.76. The average molecular weight is 469 g/mol. The molecule has 2 heterocycles. The molecule has 0 fully saturated rings. The topological polar surface area (TPSA) is 86.3 Å². The maximum Gasteiger partial charge on any atom is 0.265 e. The molecule has 2 unspecified atom stereocenters. The van der Waals surface area contributed by atoms with Crippen molar-refractivity contribution in [2.45, 2.75) is 58.8 Å². The van der Waals surface area contributed by atoms with Gasteiger partial charge in [-0.15, -0.1) is 0 Å². The van der Waals surface area contributed by atoms with Gasteiger partial charge in [-0.2, -0.15) is 0 Å². The van der Waals surface area contributed by atoms with E-state index in [1.165, 1.54) is 0 Å². The van der Waals surface area contributed by atoms with Gasteiger partial charge in [0.25, 0.3) is 5.91 Å². The van der Waals surface area contributed by atoms with Crippen molar-refractivity contribution in [2.24, 2.45) is 5.92 Å². The van der Waals surface area contributed by atoms with Crippen molar-refractivity contribution in [3.05, 3.63) is 47.5 Å². The number of nitrogens with zero attached hydrogens (tertiary/aromatic N) is 1. The minimum Gasteiger partial charge on any atom is -0.497 e. The molecule has 0 radical (unpaired) electrons. The maximum absolute atomic E-state index is 13.9. The highest BCUT2D eigenvalue weighted by molar-refractivity contribution is 5.92. The molecule has 2 aliphatic heterocycles. The molecule has 0 aliphatic carbocycles. The predicted molar refractivity (Wildman–Crippen MR) is 126 cm³/mol. The van der Waals surface area contributed by atoms with Gasteiger partial charge in [0.05, 0.1) is 7.11 Å². The summed E-state index contributed by atoms with van der Waals surface area (Å²) in [4.78, 5) is 29.1. The van der Waals surface area contributed by atoms with E-state index in [-0.39, 0.29) is 31.1 Å². The zero-order valence-corrected chi connectivity index (χ0v) is 20.5. The smallest absolute Gasteiger partial charge is 0.265 e. The molecule has 0 aromatic heterocycles. The number of carbonyl (C=O) groups excluding carboxylic acids is 2. The molecule has 1 N–H and O–H groups in total. The van der Waals surface area contributed by atoms with Crippen molar-refractivity contribution in [3.8, 4) is 23.0 Å². The first-order chi connectivity index (χ1) is 16.1. The Balaban J connectivity index is 1.82. The second-order valence-electron chi connectivity index (χ2n) is 9.98. The van der Waals surface area contributed by atoms with E-state index in [9.17, 15) is 9.59 Å². The standard InChI is InChI=1S/C26H32N2O6/c1-15(2)23-25(30)28(13-16-7-10-19-21(11-16)33-14-32-19)22(24(29)27-26(3,4)5)18-9-8-17(31-6)12-20(18)34-23/h7-12,15,22-23H,13-14H2,1-6H3,(H,27,29). The highest BCUT2D eigenvalue weighted by Crippen LogP contribution is 2.40. The fourth-order valence-corrected chi connectivity index (χ4v) is 4.16. The fourth-order valence-electron chi connectivity index (χ4n) is 4.16. The van der Waals surface area contributed by atoms with Gasteiger partial charge in [0.1, 0.15) is 17.5 Å². The summed E-state index contributed by atoms with van der Waals surface area (Å²) < 4.78 is 22.5. The number of nitrogens with one attached hydrogen (secondary N) is 1. The number of hydrogen-bond donors (Lipinski definition) is 1. The van der Waals surface area contributed by atoms with E-state index in [0.717, 1.165) is 5.56 Å². The van der Waals surface area contributed by atoms with Gasteiger partial charge in [-0.1, -0.05) is 19.9 Å². The number of fused-ring (bicyclic) bond motifs is 2. The number of benzene rings is 2. The van der Waals surface area contributed by atoms with Crippen molar-refractivity contribution in [1.82, 2.24) is 10.2 Å². The number of amides is 2. The van der Waals surface area contributed by atoms with Crippen LogP contribution >= 0.6 is 0 Å². The van der Waals surface area contributed by atoms with Crippen LogP contribution in [0.25, 0.3) is 0 Å². The third-order valence-electron chi connectivity index (χ3n) is 5.75. The van der Waals surface area contributed by atoms with E-state index >= 15 is 0 Å². The fraction of sp³-hybridized carbons (Fsp3) is 0.462. The summed E-state index contributed by atoms with van der Waals surface area (Å²) in [5, 5.41) is 3.04. The van der Waals surface area contributed by atoms with Crippen molar-refractivity contribution >= 4 is 11.8 Å². The van der Waals surface area contributed by atoms with Crippen LogP contribution in [0.4, 0.5) is 0 Å². The van der Waals surface area contributed by atoms with Crippen LogP contribution in [0.2, 0.25) is 0 Å². The van der Waals surface area contributed by atoms with E-state index < -0.39 is 17.7 Å². The molecule has 0 saturated heterocycles. The zero-order chi connectivity index (χ0) is 24.6. The minimum atomic E-state index is -0.887. The van der Waals surface area contributed by atoms with Gasteiger partial charge in [-0.05, 0) is 56.5 Å². The van der Waals surface area contributed by atoms with Crippen LogP contribution in [-0.2, 0) is 16.1 Å². The van der Waals surface area contributed by atoms with Crippen LogP contribution in [0.1, 0.15) is 51.8 Å². The molecule has 182 valence electrons. The highest BCUT2D eigenvalue weighted by Gasteiger charge is 2.42. The van der Waals surface area contributed by atoms with Crippen molar-refractivity contribution in [2.75, 3.05) is 13.9 Å². The lowest BCUT2D eigenvalue weighted by molar-refractivity contribution is -0.147. The van der Waals surface area contributed by atoms with E-state index in [1.807, 2.05) is 52.8 Å². The Kier molecular flexibility index (Phi) is 6.34. The summed E-state index contributed by atoms with van der Waals surface area (Å²) in [6.45, 7) is 9.95. The van der Waals surface area contributed by atoms with Crippen LogP contribution in [0.3, 0.4) is 0 Å².